The fourth-order valence-corrected chi connectivity index (χ4v) is 2.32. The van der Waals surface area contributed by atoms with Crippen molar-refractivity contribution in [3.05, 3.63) is 64.1 Å². The average Bonchev–Trinajstić information content (AvgIpc) is 2.37. The minimum absolute atomic E-state index is 0.476. The van der Waals surface area contributed by atoms with Crippen molar-refractivity contribution in [1.82, 2.24) is 0 Å². The van der Waals surface area contributed by atoms with Crippen LogP contribution in [-0.4, -0.2) is 0 Å². The van der Waals surface area contributed by atoms with Crippen LogP contribution in [0.4, 0.5) is 0 Å². The fraction of sp³-hybridized carbons (Fsp3) is 0.250. The number of para-hydroxylation sites is 1. The van der Waals surface area contributed by atoms with Crippen molar-refractivity contribution in [1.29, 1.82) is 0 Å². The molecule has 0 spiro atoms. The predicted molar refractivity (Wildman–Crippen MR) is 79.0 cm³/mol. The molecule has 0 amide bonds. The Bertz CT molecular complexity index is 520. The van der Waals surface area contributed by atoms with Crippen molar-refractivity contribution in [3.63, 3.8) is 0 Å². The van der Waals surface area contributed by atoms with E-state index >= 15 is 0 Å². The number of ether oxygens (including phenoxy) is 1. The Morgan fingerprint density at radius 1 is 1.06 bits per heavy atom. The summed E-state index contributed by atoms with van der Waals surface area (Å²) < 4.78 is 7.00. The molecule has 0 radical (unpaired) electrons. The van der Waals surface area contributed by atoms with Gasteiger partial charge in [0.25, 0.3) is 0 Å². The van der Waals surface area contributed by atoms with Gasteiger partial charge in [0.15, 0.2) is 0 Å². The van der Waals surface area contributed by atoms with Gasteiger partial charge in [0, 0.05) is 4.47 Å². The molecule has 2 aromatic carbocycles. The van der Waals surface area contributed by atoms with Crippen LogP contribution in [0.3, 0.4) is 0 Å². The second kappa shape index (κ2) is 6.05. The maximum absolute atomic E-state index is 5.92. The van der Waals surface area contributed by atoms with Gasteiger partial charge in [-0.2, -0.15) is 0 Å². The summed E-state index contributed by atoms with van der Waals surface area (Å²) in [4.78, 5) is 0. The smallest absolute Gasteiger partial charge is 0.123 e. The molecule has 1 nitrogen and oxygen atoms in total. The van der Waals surface area contributed by atoms with E-state index in [1.807, 2.05) is 24.3 Å². The number of halogens is 1. The van der Waals surface area contributed by atoms with E-state index in [1.54, 1.807) is 0 Å². The van der Waals surface area contributed by atoms with Gasteiger partial charge in [0.1, 0.15) is 12.4 Å². The zero-order valence-electron chi connectivity index (χ0n) is 10.7. The van der Waals surface area contributed by atoms with Crippen molar-refractivity contribution in [2.45, 2.75) is 26.4 Å². The van der Waals surface area contributed by atoms with Gasteiger partial charge >= 0.3 is 0 Å². The highest BCUT2D eigenvalue weighted by molar-refractivity contribution is 9.10. The molecule has 0 aromatic heterocycles. The summed E-state index contributed by atoms with van der Waals surface area (Å²) in [7, 11) is 0. The van der Waals surface area contributed by atoms with Gasteiger partial charge in [-0.05, 0) is 35.2 Å². The van der Waals surface area contributed by atoms with E-state index in [0.29, 0.717) is 12.5 Å². The summed E-state index contributed by atoms with van der Waals surface area (Å²) in [5, 5.41) is 0. The second-order valence-electron chi connectivity index (χ2n) is 4.61. The standard InChI is InChI=1S/C16H17BrO/c1-12(2)15-8-3-4-9-16(15)18-11-13-6-5-7-14(17)10-13/h3-10,12H,11H2,1-2H3. The lowest BCUT2D eigenvalue weighted by atomic mass is 10.0. The Balaban J connectivity index is 2.11. The van der Waals surface area contributed by atoms with Gasteiger partial charge in [-0.1, -0.05) is 60.1 Å². The Morgan fingerprint density at radius 2 is 1.83 bits per heavy atom. The van der Waals surface area contributed by atoms with E-state index in [2.05, 4.69) is 54.0 Å². The van der Waals surface area contributed by atoms with Crippen LogP contribution in [-0.2, 0) is 6.61 Å². The molecular weight excluding hydrogens is 288 g/mol. The van der Waals surface area contributed by atoms with Gasteiger partial charge in [-0.3, -0.25) is 0 Å². The second-order valence-corrected chi connectivity index (χ2v) is 5.53. The number of hydrogen-bond acceptors (Lipinski definition) is 1. The lowest BCUT2D eigenvalue weighted by molar-refractivity contribution is 0.302. The van der Waals surface area contributed by atoms with Gasteiger partial charge in [0.2, 0.25) is 0 Å². The molecule has 18 heavy (non-hydrogen) atoms. The minimum atomic E-state index is 0.476. The van der Waals surface area contributed by atoms with Crippen LogP contribution in [0.5, 0.6) is 5.75 Å². The summed E-state index contributed by atoms with van der Waals surface area (Å²) in [5.41, 5.74) is 2.43. The molecule has 0 heterocycles. The van der Waals surface area contributed by atoms with E-state index < -0.39 is 0 Å². The molecule has 0 bridgehead atoms. The molecule has 0 saturated carbocycles. The highest BCUT2D eigenvalue weighted by atomic mass is 79.9. The lowest BCUT2D eigenvalue weighted by Crippen LogP contribution is -1.99. The summed E-state index contributed by atoms with van der Waals surface area (Å²) >= 11 is 3.47. The summed E-state index contributed by atoms with van der Waals surface area (Å²) in [6, 6.07) is 16.4. The first-order chi connectivity index (χ1) is 8.66. The van der Waals surface area contributed by atoms with E-state index in [1.165, 1.54) is 11.1 Å². The van der Waals surface area contributed by atoms with Gasteiger partial charge in [-0.25, -0.2) is 0 Å². The quantitative estimate of drug-likeness (QED) is 0.759. The molecule has 0 atom stereocenters. The summed E-state index contributed by atoms with van der Waals surface area (Å²) in [6.45, 7) is 4.96. The zero-order chi connectivity index (χ0) is 13.0. The molecule has 2 heteroatoms. The Hall–Kier alpha value is -1.28. The highest BCUT2D eigenvalue weighted by Crippen LogP contribution is 2.26. The number of rotatable bonds is 4. The Morgan fingerprint density at radius 3 is 2.56 bits per heavy atom. The first kappa shape index (κ1) is 13.2. The third-order valence-corrected chi connectivity index (χ3v) is 3.32. The van der Waals surface area contributed by atoms with Crippen molar-refractivity contribution in [2.24, 2.45) is 0 Å². The molecule has 0 aliphatic carbocycles. The SMILES string of the molecule is CC(C)c1ccccc1OCc1cccc(Br)c1. The summed E-state index contributed by atoms with van der Waals surface area (Å²) in [5.74, 6) is 1.45. The van der Waals surface area contributed by atoms with Gasteiger partial charge in [-0.15, -0.1) is 0 Å². The topological polar surface area (TPSA) is 9.23 Å². The lowest BCUT2D eigenvalue weighted by Gasteiger charge is -2.13. The number of benzene rings is 2. The molecule has 0 fully saturated rings. The van der Waals surface area contributed by atoms with E-state index in [-0.39, 0.29) is 0 Å². The van der Waals surface area contributed by atoms with Gasteiger partial charge < -0.3 is 4.74 Å². The van der Waals surface area contributed by atoms with Crippen LogP contribution in [0.25, 0.3) is 0 Å². The molecule has 2 aromatic rings. The first-order valence-corrected chi connectivity index (χ1v) is 6.92. The highest BCUT2D eigenvalue weighted by Gasteiger charge is 2.06. The molecule has 94 valence electrons. The molecule has 0 aliphatic rings. The van der Waals surface area contributed by atoms with Crippen LogP contribution in [0, 0.1) is 0 Å². The van der Waals surface area contributed by atoms with Crippen LogP contribution in [0.1, 0.15) is 30.9 Å². The van der Waals surface area contributed by atoms with E-state index in [4.69, 9.17) is 4.74 Å². The average molecular weight is 305 g/mol. The van der Waals surface area contributed by atoms with Crippen LogP contribution >= 0.6 is 15.9 Å². The monoisotopic (exact) mass is 304 g/mol. The van der Waals surface area contributed by atoms with E-state index in [9.17, 15) is 0 Å². The zero-order valence-corrected chi connectivity index (χ0v) is 12.3. The van der Waals surface area contributed by atoms with Gasteiger partial charge in [0.05, 0.1) is 0 Å². The fourth-order valence-electron chi connectivity index (χ4n) is 1.88. The molecule has 0 saturated heterocycles. The molecule has 0 aliphatic heterocycles. The van der Waals surface area contributed by atoms with Crippen molar-refractivity contribution >= 4 is 15.9 Å². The largest absolute Gasteiger partial charge is 0.489 e. The predicted octanol–water partition coefficient (Wildman–Crippen LogP) is 5.15. The van der Waals surface area contributed by atoms with Crippen LogP contribution in [0.15, 0.2) is 53.0 Å². The molecule has 2 rings (SSSR count). The molecule has 0 N–H and O–H groups in total. The molecular formula is C16H17BrO. The Labute approximate surface area is 117 Å². The first-order valence-electron chi connectivity index (χ1n) is 6.13. The maximum Gasteiger partial charge on any atom is 0.123 e. The van der Waals surface area contributed by atoms with Crippen molar-refractivity contribution < 1.29 is 4.74 Å². The van der Waals surface area contributed by atoms with Crippen LogP contribution in [0.2, 0.25) is 0 Å². The summed E-state index contributed by atoms with van der Waals surface area (Å²) in [6.07, 6.45) is 0. The van der Waals surface area contributed by atoms with Crippen LogP contribution < -0.4 is 4.74 Å². The third-order valence-electron chi connectivity index (χ3n) is 2.82. The van der Waals surface area contributed by atoms with E-state index in [0.717, 1.165) is 10.2 Å². The third kappa shape index (κ3) is 3.36. The normalized spacial score (nSPS) is 10.7. The maximum atomic E-state index is 5.92. The molecule has 0 unspecified atom stereocenters. The minimum Gasteiger partial charge on any atom is -0.489 e. The van der Waals surface area contributed by atoms with Crippen molar-refractivity contribution in [3.8, 4) is 5.75 Å². The van der Waals surface area contributed by atoms with Crippen molar-refractivity contribution in [2.75, 3.05) is 0 Å². The Kier molecular flexibility index (Phi) is 4.43. The number of hydrogen-bond donors (Lipinski definition) is 0.